The molecule has 0 aliphatic carbocycles. The molecule has 0 fully saturated rings. The molecule has 0 spiro atoms. The monoisotopic (exact) mass is 329 g/mol. The van der Waals surface area contributed by atoms with E-state index >= 15 is 0 Å². The lowest BCUT2D eigenvalue weighted by molar-refractivity contribution is -0.143. The molecule has 1 aromatic rings. The van der Waals surface area contributed by atoms with Gasteiger partial charge in [0.05, 0.1) is 17.6 Å². The Morgan fingerprint density at radius 1 is 1.36 bits per heavy atom. The van der Waals surface area contributed by atoms with E-state index in [0.29, 0.717) is 0 Å². The standard InChI is InChI=1S/C14H19NO6S/c1-5-14(2,13(17)18)15-12(16)10-8-9(22(4,19)20)6-7-11(10)21-3/h6-8H,5H2,1-4H3,(H,15,16)(H,17,18). The van der Waals surface area contributed by atoms with E-state index in [-0.39, 0.29) is 22.6 Å². The third-order valence-corrected chi connectivity index (χ3v) is 4.52. The number of carbonyl (C=O) groups is 2. The first-order valence-electron chi connectivity index (χ1n) is 6.49. The number of hydrogen-bond donors (Lipinski definition) is 2. The molecule has 22 heavy (non-hydrogen) atoms. The van der Waals surface area contributed by atoms with Crippen LogP contribution in [-0.4, -0.2) is 44.3 Å². The van der Waals surface area contributed by atoms with Gasteiger partial charge in [-0.2, -0.15) is 0 Å². The van der Waals surface area contributed by atoms with E-state index in [9.17, 15) is 23.1 Å². The van der Waals surface area contributed by atoms with Crippen molar-refractivity contribution in [3.63, 3.8) is 0 Å². The van der Waals surface area contributed by atoms with Crippen molar-refractivity contribution in [2.75, 3.05) is 13.4 Å². The molecule has 8 heteroatoms. The number of aliphatic carboxylic acids is 1. The lowest BCUT2D eigenvalue weighted by atomic mass is 9.98. The summed E-state index contributed by atoms with van der Waals surface area (Å²) in [5.74, 6) is -1.73. The van der Waals surface area contributed by atoms with Gasteiger partial charge >= 0.3 is 5.97 Å². The summed E-state index contributed by atoms with van der Waals surface area (Å²) in [5, 5.41) is 11.6. The van der Waals surface area contributed by atoms with Crippen LogP contribution < -0.4 is 10.1 Å². The molecule has 0 radical (unpaired) electrons. The van der Waals surface area contributed by atoms with Crippen molar-refractivity contribution in [3.8, 4) is 5.75 Å². The van der Waals surface area contributed by atoms with Crippen LogP contribution in [0.1, 0.15) is 30.6 Å². The average Bonchev–Trinajstić information content (AvgIpc) is 2.45. The van der Waals surface area contributed by atoms with Crippen molar-refractivity contribution in [3.05, 3.63) is 23.8 Å². The summed E-state index contributed by atoms with van der Waals surface area (Å²) >= 11 is 0. The smallest absolute Gasteiger partial charge is 0.329 e. The van der Waals surface area contributed by atoms with Gasteiger partial charge in [0.1, 0.15) is 11.3 Å². The highest BCUT2D eigenvalue weighted by atomic mass is 32.2. The number of hydrogen-bond acceptors (Lipinski definition) is 5. The molecule has 7 nitrogen and oxygen atoms in total. The van der Waals surface area contributed by atoms with Crippen LogP contribution in [0.2, 0.25) is 0 Å². The Morgan fingerprint density at radius 3 is 2.36 bits per heavy atom. The van der Waals surface area contributed by atoms with Gasteiger partial charge in [0.2, 0.25) is 0 Å². The maximum atomic E-state index is 12.3. The number of amides is 1. The largest absolute Gasteiger partial charge is 0.496 e. The normalized spacial score (nSPS) is 14.0. The second-order valence-corrected chi connectivity index (χ2v) is 7.09. The lowest BCUT2D eigenvalue weighted by Gasteiger charge is -2.25. The van der Waals surface area contributed by atoms with E-state index in [2.05, 4.69) is 5.32 Å². The van der Waals surface area contributed by atoms with Crippen molar-refractivity contribution >= 4 is 21.7 Å². The van der Waals surface area contributed by atoms with Crippen LogP contribution >= 0.6 is 0 Å². The summed E-state index contributed by atoms with van der Waals surface area (Å²) < 4.78 is 28.2. The number of rotatable bonds is 6. The van der Waals surface area contributed by atoms with Crippen LogP contribution in [0.5, 0.6) is 5.75 Å². The Morgan fingerprint density at radius 2 is 1.95 bits per heavy atom. The second-order valence-electron chi connectivity index (χ2n) is 5.08. The SMILES string of the molecule is CCC(C)(NC(=O)c1cc(S(C)(=O)=O)ccc1OC)C(=O)O. The van der Waals surface area contributed by atoms with Crippen LogP contribution in [-0.2, 0) is 14.6 Å². The highest BCUT2D eigenvalue weighted by Crippen LogP contribution is 2.23. The zero-order valence-corrected chi connectivity index (χ0v) is 13.7. The minimum atomic E-state index is -3.50. The topological polar surface area (TPSA) is 110 Å². The van der Waals surface area contributed by atoms with Crippen molar-refractivity contribution in [1.29, 1.82) is 0 Å². The molecule has 0 heterocycles. The van der Waals surface area contributed by atoms with E-state index in [0.717, 1.165) is 6.26 Å². The average molecular weight is 329 g/mol. The van der Waals surface area contributed by atoms with Crippen molar-refractivity contribution in [2.45, 2.75) is 30.7 Å². The Hall–Kier alpha value is -2.09. The Kier molecular flexibility index (Phi) is 5.18. The van der Waals surface area contributed by atoms with E-state index in [1.54, 1.807) is 6.92 Å². The molecular weight excluding hydrogens is 310 g/mol. The fourth-order valence-corrected chi connectivity index (χ4v) is 2.35. The van der Waals surface area contributed by atoms with Gasteiger partial charge in [-0.1, -0.05) is 6.92 Å². The number of benzene rings is 1. The van der Waals surface area contributed by atoms with E-state index in [4.69, 9.17) is 4.74 Å². The van der Waals surface area contributed by atoms with E-state index in [1.807, 2.05) is 0 Å². The van der Waals surface area contributed by atoms with Crippen LogP contribution in [0.25, 0.3) is 0 Å². The summed E-state index contributed by atoms with van der Waals surface area (Å²) in [6, 6.07) is 3.85. The van der Waals surface area contributed by atoms with Gasteiger partial charge in [-0.3, -0.25) is 4.79 Å². The highest BCUT2D eigenvalue weighted by molar-refractivity contribution is 7.90. The minimum Gasteiger partial charge on any atom is -0.496 e. The zero-order valence-electron chi connectivity index (χ0n) is 12.8. The first-order chi connectivity index (χ1) is 10.0. The Bertz CT molecular complexity index is 697. The second kappa shape index (κ2) is 6.35. The predicted molar refractivity (Wildman–Crippen MR) is 79.9 cm³/mol. The van der Waals surface area contributed by atoms with E-state index in [1.165, 1.54) is 32.2 Å². The molecule has 0 saturated heterocycles. The van der Waals surface area contributed by atoms with Crippen LogP contribution in [0.3, 0.4) is 0 Å². The van der Waals surface area contributed by atoms with Crippen LogP contribution in [0.15, 0.2) is 23.1 Å². The molecule has 122 valence electrons. The molecule has 0 aliphatic heterocycles. The molecule has 0 aromatic heterocycles. The Labute approximate surface area is 129 Å². The van der Waals surface area contributed by atoms with Crippen molar-refractivity contribution < 1.29 is 27.9 Å². The highest BCUT2D eigenvalue weighted by Gasteiger charge is 2.34. The summed E-state index contributed by atoms with van der Waals surface area (Å²) in [4.78, 5) is 23.5. The zero-order chi connectivity index (χ0) is 17.1. The molecule has 0 bridgehead atoms. The molecule has 1 unspecified atom stereocenters. The van der Waals surface area contributed by atoms with Crippen LogP contribution in [0, 0.1) is 0 Å². The molecule has 0 saturated carbocycles. The first-order valence-corrected chi connectivity index (χ1v) is 8.38. The fourth-order valence-electron chi connectivity index (χ4n) is 1.71. The number of carboxylic acids is 1. The fraction of sp³-hybridized carbons (Fsp3) is 0.429. The minimum absolute atomic E-state index is 0.0358. The maximum absolute atomic E-state index is 12.3. The number of nitrogens with one attached hydrogen (secondary N) is 1. The number of sulfone groups is 1. The van der Waals surface area contributed by atoms with Gasteiger partial charge in [-0.05, 0) is 31.5 Å². The summed E-state index contributed by atoms with van der Waals surface area (Å²) in [6.07, 6.45) is 1.19. The molecule has 1 aromatic carbocycles. The number of carbonyl (C=O) groups excluding carboxylic acids is 1. The molecule has 1 atom stereocenters. The third kappa shape index (κ3) is 3.76. The van der Waals surface area contributed by atoms with Gasteiger partial charge in [-0.25, -0.2) is 13.2 Å². The predicted octanol–water partition coefficient (Wildman–Crippen LogP) is 1.08. The third-order valence-electron chi connectivity index (χ3n) is 3.41. The quantitative estimate of drug-likeness (QED) is 0.808. The summed E-state index contributed by atoms with van der Waals surface area (Å²) in [5.41, 5.74) is -1.49. The lowest BCUT2D eigenvalue weighted by Crippen LogP contribution is -2.51. The molecule has 2 N–H and O–H groups in total. The van der Waals surface area contributed by atoms with Gasteiger partial charge in [0.25, 0.3) is 5.91 Å². The first kappa shape index (κ1) is 18.0. The molecule has 1 rings (SSSR count). The van der Waals surface area contributed by atoms with Gasteiger partial charge in [0, 0.05) is 6.26 Å². The van der Waals surface area contributed by atoms with E-state index < -0.39 is 27.3 Å². The maximum Gasteiger partial charge on any atom is 0.329 e. The molecule has 0 aliphatic rings. The number of carboxylic acid groups (broad SMARTS) is 1. The van der Waals surface area contributed by atoms with Crippen LogP contribution in [0.4, 0.5) is 0 Å². The Balaban J connectivity index is 3.30. The molecular formula is C14H19NO6S. The van der Waals surface area contributed by atoms with Crippen molar-refractivity contribution in [1.82, 2.24) is 5.32 Å². The number of methoxy groups -OCH3 is 1. The summed E-state index contributed by atoms with van der Waals surface area (Å²) in [6.45, 7) is 3.00. The van der Waals surface area contributed by atoms with Gasteiger partial charge in [-0.15, -0.1) is 0 Å². The van der Waals surface area contributed by atoms with Gasteiger partial charge < -0.3 is 15.2 Å². The molecule has 1 amide bonds. The summed E-state index contributed by atoms with van der Waals surface area (Å²) in [7, 11) is -2.17. The van der Waals surface area contributed by atoms with Gasteiger partial charge in [0.15, 0.2) is 9.84 Å². The van der Waals surface area contributed by atoms with Crippen molar-refractivity contribution in [2.24, 2.45) is 0 Å². The number of ether oxygens (including phenoxy) is 1.